The molecule has 1 aliphatic rings. The summed E-state index contributed by atoms with van der Waals surface area (Å²) in [4.78, 5) is 23.3. The number of thiophene rings is 1. The van der Waals surface area contributed by atoms with E-state index in [4.69, 9.17) is 5.73 Å². The molecule has 1 atom stereocenters. The number of carbonyl (C=O) groups excluding carboxylic acids is 1. The molecule has 142 valence electrons. The molecule has 0 fully saturated rings. The van der Waals surface area contributed by atoms with Crippen LogP contribution in [0, 0.1) is 0 Å². The molecule has 0 saturated heterocycles. The van der Waals surface area contributed by atoms with Crippen LogP contribution in [0.2, 0.25) is 0 Å². The predicted molar refractivity (Wildman–Crippen MR) is 118 cm³/mol. The summed E-state index contributed by atoms with van der Waals surface area (Å²) in [7, 11) is 0. The van der Waals surface area contributed by atoms with Gasteiger partial charge < -0.3 is 11.1 Å². The van der Waals surface area contributed by atoms with Crippen molar-refractivity contribution >= 4 is 39.9 Å². The number of thioether (sulfide) groups is 1. The van der Waals surface area contributed by atoms with Gasteiger partial charge in [0, 0.05) is 17.6 Å². The molecule has 2 aromatic heterocycles. The number of rotatable bonds is 4. The molecule has 5 nitrogen and oxygen atoms in total. The maximum Gasteiger partial charge on any atom is 0.265 e. The highest BCUT2D eigenvalue weighted by molar-refractivity contribution is 8.13. The summed E-state index contributed by atoms with van der Waals surface area (Å²) >= 11 is 3.01. The minimum Gasteiger partial charge on any atom is -0.379 e. The molecule has 28 heavy (non-hydrogen) atoms. The highest BCUT2D eigenvalue weighted by Gasteiger charge is 2.29. The number of nitrogens with two attached hydrogens (primary N) is 1. The van der Waals surface area contributed by atoms with E-state index in [1.807, 2.05) is 54.6 Å². The molecule has 0 saturated carbocycles. The number of anilines is 1. The molecule has 1 amide bonds. The maximum atomic E-state index is 12.7. The zero-order valence-electron chi connectivity index (χ0n) is 15.4. The number of hydrogen-bond acceptors (Lipinski definition) is 6. The van der Waals surface area contributed by atoms with Gasteiger partial charge >= 0.3 is 0 Å². The Morgan fingerprint density at radius 1 is 1.18 bits per heavy atom. The first-order chi connectivity index (χ1) is 13.5. The molecule has 4 rings (SSSR count). The Kier molecular flexibility index (Phi) is 5.19. The number of pyridine rings is 1. The van der Waals surface area contributed by atoms with E-state index in [2.05, 4.69) is 22.2 Å². The zero-order valence-corrected chi connectivity index (χ0v) is 17.0. The second-order valence-corrected chi connectivity index (χ2v) is 8.94. The molecule has 0 radical (unpaired) electrons. The lowest BCUT2D eigenvalue weighted by Crippen LogP contribution is -2.28. The van der Waals surface area contributed by atoms with Crippen molar-refractivity contribution in [1.82, 2.24) is 4.98 Å². The van der Waals surface area contributed by atoms with Crippen molar-refractivity contribution in [1.29, 1.82) is 0 Å². The largest absolute Gasteiger partial charge is 0.379 e. The van der Waals surface area contributed by atoms with Crippen LogP contribution in [0.1, 0.15) is 28.6 Å². The third-order valence-electron chi connectivity index (χ3n) is 4.69. The summed E-state index contributed by atoms with van der Waals surface area (Å²) in [6, 6.07) is 17.4. The van der Waals surface area contributed by atoms with Crippen LogP contribution in [0.15, 0.2) is 65.8 Å². The molecule has 1 aliphatic heterocycles. The second-order valence-electron chi connectivity index (χ2n) is 6.74. The van der Waals surface area contributed by atoms with Gasteiger partial charge in [0.25, 0.3) is 5.91 Å². The Labute approximate surface area is 172 Å². The normalized spacial score (nSPS) is 19.1. The Balaban J connectivity index is 1.53. The van der Waals surface area contributed by atoms with E-state index >= 15 is 0 Å². The fourth-order valence-electron chi connectivity index (χ4n) is 3.13. The Hall–Kier alpha value is -2.64. The fourth-order valence-corrected chi connectivity index (χ4v) is 4.98. The number of amides is 1. The van der Waals surface area contributed by atoms with Gasteiger partial charge in [-0.3, -0.25) is 14.8 Å². The maximum absolute atomic E-state index is 12.7. The number of aromatic nitrogens is 1. The van der Waals surface area contributed by atoms with E-state index in [9.17, 15) is 4.79 Å². The third-order valence-corrected chi connectivity index (χ3v) is 6.59. The summed E-state index contributed by atoms with van der Waals surface area (Å²) in [5, 5.41) is 3.61. The predicted octanol–water partition coefficient (Wildman–Crippen LogP) is 4.73. The van der Waals surface area contributed by atoms with Gasteiger partial charge in [-0.05, 0) is 55.3 Å². The highest BCUT2D eigenvalue weighted by Crippen LogP contribution is 2.36. The van der Waals surface area contributed by atoms with Crippen LogP contribution in [0.3, 0.4) is 0 Å². The van der Waals surface area contributed by atoms with Crippen molar-refractivity contribution < 1.29 is 4.79 Å². The van der Waals surface area contributed by atoms with E-state index in [-0.39, 0.29) is 11.4 Å². The molecule has 1 unspecified atom stereocenters. The summed E-state index contributed by atoms with van der Waals surface area (Å²) in [5.74, 6) is 0.810. The lowest BCUT2D eigenvalue weighted by molar-refractivity contribution is 0.103. The van der Waals surface area contributed by atoms with Gasteiger partial charge in [-0.1, -0.05) is 30.0 Å². The van der Waals surface area contributed by atoms with Gasteiger partial charge in [-0.2, -0.15) is 0 Å². The van der Waals surface area contributed by atoms with Gasteiger partial charge in [-0.25, -0.2) is 0 Å². The molecule has 1 aromatic carbocycles. The standard InChI is InChI=1S/C21H20N4OS2/c1-21(10-12-27-20(22)25-21)14-5-4-6-15(13-14)24-19(26)18-9-8-17(28-18)16-7-2-3-11-23-16/h2-9,11,13H,10,12H2,1H3,(H2,22,25)(H,24,26). The topological polar surface area (TPSA) is 80.4 Å². The minimum atomic E-state index is -0.356. The van der Waals surface area contributed by atoms with Gasteiger partial charge in [0.1, 0.15) is 0 Å². The van der Waals surface area contributed by atoms with E-state index in [0.717, 1.165) is 34.0 Å². The van der Waals surface area contributed by atoms with Crippen molar-refractivity contribution in [2.24, 2.45) is 10.7 Å². The second kappa shape index (κ2) is 7.77. The van der Waals surface area contributed by atoms with E-state index in [1.54, 1.807) is 18.0 Å². The lowest BCUT2D eigenvalue weighted by atomic mass is 9.89. The first-order valence-corrected chi connectivity index (χ1v) is 10.7. The van der Waals surface area contributed by atoms with Gasteiger partial charge in [0.05, 0.1) is 21.0 Å². The number of carbonyl (C=O) groups is 1. The van der Waals surface area contributed by atoms with Crippen molar-refractivity contribution in [3.05, 3.63) is 71.2 Å². The lowest BCUT2D eigenvalue weighted by Gasteiger charge is -2.30. The number of hydrogen-bond donors (Lipinski definition) is 2. The van der Waals surface area contributed by atoms with Crippen molar-refractivity contribution in [2.75, 3.05) is 11.1 Å². The molecule has 0 spiro atoms. The van der Waals surface area contributed by atoms with E-state index < -0.39 is 0 Å². The van der Waals surface area contributed by atoms with Crippen molar-refractivity contribution in [2.45, 2.75) is 18.9 Å². The average Bonchev–Trinajstić information content (AvgIpc) is 3.19. The Morgan fingerprint density at radius 2 is 2.07 bits per heavy atom. The summed E-state index contributed by atoms with van der Waals surface area (Å²) in [6.07, 6.45) is 2.66. The molecular weight excluding hydrogens is 388 g/mol. The van der Waals surface area contributed by atoms with E-state index in [0.29, 0.717) is 10.0 Å². The van der Waals surface area contributed by atoms with Crippen LogP contribution in [0.4, 0.5) is 5.69 Å². The fraction of sp³-hybridized carbons (Fsp3) is 0.190. The number of nitrogens with zero attached hydrogens (tertiary/aromatic N) is 2. The first-order valence-electron chi connectivity index (χ1n) is 8.95. The Morgan fingerprint density at radius 3 is 2.86 bits per heavy atom. The highest BCUT2D eigenvalue weighted by atomic mass is 32.2. The van der Waals surface area contributed by atoms with E-state index in [1.165, 1.54) is 11.3 Å². The van der Waals surface area contributed by atoms with Crippen LogP contribution in [-0.2, 0) is 5.54 Å². The van der Waals surface area contributed by atoms with Crippen LogP contribution in [0.25, 0.3) is 10.6 Å². The quantitative estimate of drug-likeness (QED) is 0.654. The smallest absolute Gasteiger partial charge is 0.265 e. The van der Waals surface area contributed by atoms with Crippen LogP contribution in [-0.4, -0.2) is 21.8 Å². The average molecular weight is 409 g/mol. The van der Waals surface area contributed by atoms with Crippen molar-refractivity contribution in [3.63, 3.8) is 0 Å². The Bertz CT molecular complexity index is 1030. The number of aliphatic imine (C=N–C) groups is 1. The third kappa shape index (κ3) is 3.95. The van der Waals surface area contributed by atoms with Crippen molar-refractivity contribution in [3.8, 4) is 10.6 Å². The SMILES string of the molecule is CC1(c2cccc(NC(=O)c3ccc(-c4ccccn4)s3)c2)CCSC(N)=N1. The first kappa shape index (κ1) is 18.7. The number of amidine groups is 1. The van der Waals surface area contributed by atoms with Gasteiger partial charge in [0.2, 0.25) is 0 Å². The molecule has 7 heteroatoms. The summed E-state index contributed by atoms with van der Waals surface area (Å²) in [5.41, 5.74) is 8.25. The van der Waals surface area contributed by atoms with Gasteiger partial charge in [0.15, 0.2) is 5.17 Å². The molecular formula is C21H20N4OS2. The monoisotopic (exact) mass is 408 g/mol. The number of nitrogens with one attached hydrogen (secondary N) is 1. The van der Waals surface area contributed by atoms with Crippen LogP contribution in [0.5, 0.6) is 0 Å². The number of benzene rings is 1. The zero-order chi connectivity index (χ0) is 19.6. The molecule has 0 bridgehead atoms. The van der Waals surface area contributed by atoms with Crippen LogP contribution < -0.4 is 11.1 Å². The van der Waals surface area contributed by atoms with Gasteiger partial charge in [-0.15, -0.1) is 11.3 Å². The minimum absolute atomic E-state index is 0.128. The molecule has 3 aromatic rings. The summed E-state index contributed by atoms with van der Waals surface area (Å²) in [6.45, 7) is 2.08. The van der Waals surface area contributed by atoms with Crippen LogP contribution >= 0.6 is 23.1 Å². The molecule has 0 aliphatic carbocycles. The summed E-state index contributed by atoms with van der Waals surface area (Å²) < 4.78 is 0. The molecule has 3 N–H and O–H groups in total. The molecule has 3 heterocycles.